The van der Waals surface area contributed by atoms with Gasteiger partial charge in [-0.1, -0.05) is 17.3 Å². The molecule has 1 heterocycles. The molecule has 0 bridgehead atoms. The van der Waals surface area contributed by atoms with Crippen LogP contribution in [0, 0.1) is 5.82 Å². The fourth-order valence-corrected chi connectivity index (χ4v) is 1.96. The summed E-state index contributed by atoms with van der Waals surface area (Å²) in [5.41, 5.74) is 0.417. The predicted octanol–water partition coefficient (Wildman–Crippen LogP) is 3.23. The molecule has 1 amide bonds. The number of carbonyl (C=O) groups excluding carboxylic acids is 1. The summed E-state index contributed by atoms with van der Waals surface area (Å²) in [4.78, 5) is 12.2. The van der Waals surface area contributed by atoms with Crippen LogP contribution < -0.4 is 10.1 Å². The van der Waals surface area contributed by atoms with Crippen LogP contribution in [0.2, 0.25) is 0 Å². The minimum absolute atomic E-state index is 0.0124. The number of ether oxygens (including phenoxy) is 1. The number of amides is 1. The van der Waals surface area contributed by atoms with E-state index in [0.29, 0.717) is 16.7 Å². The Labute approximate surface area is 119 Å². The minimum atomic E-state index is -0.526. The van der Waals surface area contributed by atoms with E-state index in [-0.39, 0.29) is 17.3 Å². The van der Waals surface area contributed by atoms with Crippen molar-refractivity contribution >= 4 is 22.7 Å². The van der Waals surface area contributed by atoms with E-state index in [9.17, 15) is 9.18 Å². The fourth-order valence-electron chi connectivity index (χ4n) is 1.96. The number of fused-ring (bicyclic) bond motifs is 1. The molecule has 0 aliphatic carbocycles. The molecule has 0 saturated heterocycles. The third kappa shape index (κ3) is 2.43. The van der Waals surface area contributed by atoms with Gasteiger partial charge in [-0.2, -0.15) is 0 Å². The highest BCUT2D eigenvalue weighted by molar-refractivity contribution is 6.07. The van der Waals surface area contributed by atoms with Crippen molar-refractivity contribution in [1.82, 2.24) is 5.16 Å². The number of hydrogen-bond donors (Lipinski definition) is 1. The molecule has 0 saturated carbocycles. The number of halogens is 1. The van der Waals surface area contributed by atoms with Crippen molar-refractivity contribution in [3.63, 3.8) is 0 Å². The van der Waals surface area contributed by atoms with Crippen molar-refractivity contribution in [3.8, 4) is 5.75 Å². The first-order valence-corrected chi connectivity index (χ1v) is 6.18. The first-order chi connectivity index (χ1) is 10.2. The molecular formula is C15H11FN2O3. The van der Waals surface area contributed by atoms with Crippen molar-refractivity contribution in [2.45, 2.75) is 0 Å². The number of nitrogens with one attached hydrogen (secondary N) is 1. The van der Waals surface area contributed by atoms with Crippen molar-refractivity contribution in [2.75, 3.05) is 12.4 Å². The quantitative estimate of drug-likeness (QED) is 0.802. The average Bonchev–Trinajstić information content (AvgIpc) is 2.92. The summed E-state index contributed by atoms with van der Waals surface area (Å²) in [6, 6.07) is 11.1. The Morgan fingerprint density at radius 3 is 2.90 bits per heavy atom. The summed E-state index contributed by atoms with van der Waals surface area (Å²) in [6.45, 7) is 0. The van der Waals surface area contributed by atoms with E-state index in [1.807, 2.05) is 0 Å². The molecule has 3 aromatic rings. The summed E-state index contributed by atoms with van der Waals surface area (Å²) in [6.07, 6.45) is 0. The Balaban J connectivity index is 1.91. The first kappa shape index (κ1) is 13.1. The molecule has 3 rings (SSSR count). The number of anilines is 1. The third-order valence-corrected chi connectivity index (χ3v) is 3.01. The van der Waals surface area contributed by atoms with Crippen LogP contribution in [0.1, 0.15) is 10.4 Å². The molecule has 0 unspecified atom stereocenters. The highest BCUT2D eigenvalue weighted by Crippen LogP contribution is 2.25. The molecule has 0 spiro atoms. The minimum Gasteiger partial charge on any atom is -0.497 e. The fraction of sp³-hybridized carbons (Fsp3) is 0.0667. The SMILES string of the molecule is COc1cccc(C(=O)Nc2noc3c(F)cccc23)c1. The zero-order chi connectivity index (χ0) is 14.8. The summed E-state index contributed by atoms with van der Waals surface area (Å²) < 4.78 is 23.5. The van der Waals surface area contributed by atoms with E-state index >= 15 is 0 Å². The van der Waals surface area contributed by atoms with Gasteiger partial charge < -0.3 is 14.6 Å². The highest BCUT2D eigenvalue weighted by Gasteiger charge is 2.15. The van der Waals surface area contributed by atoms with E-state index in [2.05, 4.69) is 10.5 Å². The lowest BCUT2D eigenvalue weighted by molar-refractivity contribution is 0.102. The molecule has 106 valence electrons. The first-order valence-electron chi connectivity index (χ1n) is 6.18. The number of rotatable bonds is 3. The summed E-state index contributed by atoms with van der Waals surface area (Å²) in [5, 5.41) is 6.69. The Morgan fingerprint density at radius 2 is 2.10 bits per heavy atom. The topological polar surface area (TPSA) is 64.4 Å². The molecule has 6 heteroatoms. The van der Waals surface area contributed by atoms with E-state index < -0.39 is 5.82 Å². The predicted molar refractivity (Wildman–Crippen MR) is 74.9 cm³/mol. The zero-order valence-corrected chi connectivity index (χ0v) is 11.1. The number of nitrogens with zero attached hydrogens (tertiary/aromatic N) is 1. The van der Waals surface area contributed by atoms with Gasteiger partial charge in [0.25, 0.3) is 5.91 Å². The van der Waals surface area contributed by atoms with Crippen molar-refractivity contribution in [3.05, 3.63) is 53.8 Å². The van der Waals surface area contributed by atoms with Gasteiger partial charge in [-0.3, -0.25) is 4.79 Å². The Morgan fingerprint density at radius 1 is 1.29 bits per heavy atom. The lowest BCUT2D eigenvalue weighted by Crippen LogP contribution is -2.12. The van der Waals surface area contributed by atoms with Crippen molar-refractivity contribution in [2.24, 2.45) is 0 Å². The standard InChI is InChI=1S/C15H11FN2O3/c1-20-10-5-2-4-9(8-10)15(19)17-14-11-6-3-7-12(16)13(11)21-18-14/h2-8H,1H3,(H,17,18,19). The summed E-state index contributed by atoms with van der Waals surface area (Å²) >= 11 is 0. The van der Waals surface area contributed by atoms with E-state index in [0.717, 1.165) is 0 Å². The molecule has 0 fully saturated rings. The van der Waals surface area contributed by atoms with Gasteiger partial charge in [0.05, 0.1) is 12.5 Å². The number of carbonyl (C=O) groups is 1. The van der Waals surface area contributed by atoms with Crippen LogP contribution in [-0.2, 0) is 0 Å². The van der Waals surface area contributed by atoms with Gasteiger partial charge in [0.2, 0.25) is 5.58 Å². The molecule has 0 radical (unpaired) electrons. The Hall–Kier alpha value is -2.89. The molecule has 2 aromatic carbocycles. The lowest BCUT2D eigenvalue weighted by atomic mass is 10.2. The number of benzene rings is 2. The maximum Gasteiger partial charge on any atom is 0.257 e. The van der Waals surface area contributed by atoms with Crippen LogP contribution in [0.4, 0.5) is 10.2 Å². The second-order valence-corrected chi connectivity index (χ2v) is 4.33. The molecule has 21 heavy (non-hydrogen) atoms. The Bertz CT molecular complexity index is 814. The molecule has 1 N–H and O–H groups in total. The third-order valence-electron chi connectivity index (χ3n) is 3.01. The van der Waals surface area contributed by atoms with E-state index in [4.69, 9.17) is 9.26 Å². The smallest absolute Gasteiger partial charge is 0.257 e. The monoisotopic (exact) mass is 286 g/mol. The largest absolute Gasteiger partial charge is 0.497 e. The molecule has 0 atom stereocenters. The lowest BCUT2D eigenvalue weighted by Gasteiger charge is -2.04. The van der Waals surface area contributed by atoms with Gasteiger partial charge in [-0.15, -0.1) is 0 Å². The second-order valence-electron chi connectivity index (χ2n) is 4.33. The van der Waals surface area contributed by atoms with Gasteiger partial charge in [-0.05, 0) is 30.3 Å². The molecule has 0 aliphatic heterocycles. The van der Waals surface area contributed by atoms with Gasteiger partial charge in [0, 0.05) is 5.56 Å². The van der Waals surface area contributed by atoms with Gasteiger partial charge >= 0.3 is 0 Å². The van der Waals surface area contributed by atoms with Crippen LogP contribution in [0.15, 0.2) is 47.0 Å². The normalized spacial score (nSPS) is 10.6. The highest BCUT2D eigenvalue weighted by atomic mass is 19.1. The van der Waals surface area contributed by atoms with Crippen LogP contribution in [0.3, 0.4) is 0 Å². The number of aromatic nitrogens is 1. The summed E-state index contributed by atoms with van der Waals surface area (Å²) in [7, 11) is 1.52. The van der Waals surface area contributed by atoms with Crippen LogP contribution in [-0.4, -0.2) is 18.2 Å². The summed E-state index contributed by atoms with van der Waals surface area (Å²) in [5.74, 6) is -0.161. The maximum atomic E-state index is 13.5. The number of hydrogen-bond acceptors (Lipinski definition) is 4. The van der Waals surface area contributed by atoms with Crippen LogP contribution >= 0.6 is 0 Å². The zero-order valence-electron chi connectivity index (χ0n) is 11.1. The molecule has 1 aromatic heterocycles. The van der Waals surface area contributed by atoms with Crippen molar-refractivity contribution in [1.29, 1.82) is 0 Å². The molecule has 0 aliphatic rings. The van der Waals surface area contributed by atoms with Crippen molar-refractivity contribution < 1.29 is 18.4 Å². The maximum absolute atomic E-state index is 13.5. The van der Waals surface area contributed by atoms with Gasteiger partial charge in [0.1, 0.15) is 5.75 Å². The van der Waals surface area contributed by atoms with Gasteiger partial charge in [-0.25, -0.2) is 4.39 Å². The Kier molecular flexibility index (Phi) is 3.27. The second kappa shape index (κ2) is 5.24. The van der Waals surface area contributed by atoms with Gasteiger partial charge in [0.15, 0.2) is 11.6 Å². The van der Waals surface area contributed by atoms with E-state index in [1.165, 1.54) is 19.2 Å². The van der Waals surface area contributed by atoms with Crippen LogP contribution in [0.25, 0.3) is 11.0 Å². The number of methoxy groups -OCH3 is 1. The number of para-hydroxylation sites is 1. The average molecular weight is 286 g/mol. The molecular weight excluding hydrogens is 275 g/mol. The van der Waals surface area contributed by atoms with Crippen LogP contribution in [0.5, 0.6) is 5.75 Å². The van der Waals surface area contributed by atoms with E-state index in [1.54, 1.807) is 30.3 Å². The molecule has 5 nitrogen and oxygen atoms in total.